The lowest BCUT2D eigenvalue weighted by Gasteiger charge is -2.20. The summed E-state index contributed by atoms with van der Waals surface area (Å²) in [5, 5.41) is 9.16. The minimum atomic E-state index is -3.49. The van der Waals surface area contributed by atoms with E-state index in [4.69, 9.17) is 5.11 Å². The molecule has 0 saturated heterocycles. The summed E-state index contributed by atoms with van der Waals surface area (Å²) in [6, 6.07) is 9.29. The minimum absolute atomic E-state index is 0.0190. The zero-order valence-corrected chi connectivity index (χ0v) is 20.2. The average Bonchev–Trinajstić information content (AvgIpc) is 3.54. The first-order valence-electron chi connectivity index (χ1n) is 11.2. The fourth-order valence-corrected chi connectivity index (χ4v) is 5.24. The molecule has 0 radical (unpaired) electrons. The van der Waals surface area contributed by atoms with Gasteiger partial charge >= 0.3 is 0 Å². The lowest BCUT2D eigenvalue weighted by atomic mass is 9.97. The maximum absolute atomic E-state index is 14.5. The predicted octanol–water partition coefficient (Wildman–Crippen LogP) is 2.93. The van der Waals surface area contributed by atoms with E-state index in [1.54, 1.807) is 7.05 Å². The van der Waals surface area contributed by atoms with Gasteiger partial charge in [-0.1, -0.05) is 6.07 Å². The van der Waals surface area contributed by atoms with E-state index >= 15 is 0 Å². The number of benzene rings is 2. The highest BCUT2D eigenvalue weighted by Crippen LogP contribution is 2.57. The van der Waals surface area contributed by atoms with Crippen LogP contribution >= 0.6 is 0 Å². The number of anilines is 2. The number of aliphatic hydroxyl groups excluding tert-OH is 1. The largest absolute Gasteiger partial charge is 0.395 e. The molecule has 3 aromatic rings. The van der Waals surface area contributed by atoms with Crippen molar-refractivity contribution in [3.05, 3.63) is 65.7 Å². The summed E-state index contributed by atoms with van der Waals surface area (Å²) in [4.78, 5) is 25.2. The number of aromatic nitrogens is 2. The lowest BCUT2D eigenvalue weighted by Crippen LogP contribution is -2.29. The van der Waals surface area contributed by atoms with Gasteiger partial charge in [-0.05, 0) is 48.7 Å². The molecule has 35 heavy (non-hydrogen) atoms. The van der Waals surface area contributed by atoms with E-state index in [0.717, 1.165) is 36.4 Å². The molecule has 1 aliphatic carbocycles. The molecule has 2 aromatic carbocycles. The molecule has 0 atom stereocenters. The molecule has 1 N–H and O–H groups in total. The molecule has 1 saturated carbocycles. The molecule has 5 rings (SSSR count). The summed E-state index contributed by atoms with van der Waals surface area (Å²) in [6.45, 7) is 0.811. The Balaban J connectivity index is 1.49. The van der Waals surface area contributed by atoms with Crippen LogP contribution in [0.1, 0.15) is 28.8 Å². The van der Waals surface area contributed by atoms with Crippen LogP contribution in [-0.4, -0.2) is 67.3 Å². The standard InChI is InChI=1S/C25H25FN4O4S/c1-29(9-10-31)23(32)16-3-5-20-22(11-16)30(15-25(20)7-8-25)24-27-13-17(14-28-24)19-12-18(35(2,33)34)4-6-21(19)26/h3-6,11-14,31H,7-10,15H2,1-2H3. The van der Waals surface area contributed by atoms with Gasteiger partial charge in [-0.3, -0.25) is 4.79 Å². The van der Waals surface area contributed by atoms with E-state index in [0.29, 0.717) is 23.6 Å². The molecule has 1 amide bonds. The maximum Gasteiger partial charge on any atom is 0.253 e. The summed E-state index contributed by atoms with van der Waals surface area (Å²) >= 11 is 0. The Kier molecular flexibility index (Phi) is 5.60. The number of nitrogens with zero attached hydrogens (tertiary/aromatic N) is 4. The molecule has 1 fully saturated rings. The SMILES string of the molecule is CN(CCO)C(=O)c1ccc2c(c1)N(c1ncc(-c3cc(S(C)(=O)=O)ccc3F)cn1)CC21CC1. The van der Waals surface area contributed by atoms with E-state index < -0.39 is 15.7 Å². The van der Waals surface area contributed by atoms with Crippen LogP contribution in [0.25, 0.3) is 11.1 Å². The van der Waals surface area contributed by atoms with Gasteiger partial charge in [-0.25, -0.2) is 22.8 Å². The zero-order valence-electron chi connectivity index (χ0n) is 19.4. The molecular weight excluding hydrogens is 471 g/mol. The number of likely N-dealkylation sites (N-methyl/N-ethyl adjacent to an activating group) is 1. The number of fused-ring (bicyclic) bond motifs is 2. The first kappa shape index (κ1) is 23.4. The van der Waals surface area contributed by atoms with Gasteiger partial charge < -0.3 is 14.9 Å². The summed E-state index contributed by atoms with van der Waals surface area (Å²) in [7, 11) is -1.85. The van der Waals surface area contributed by atoms with Gasteiger partial charge in [-0.15, -0.1) is 0 Å². The van der Waals surface area contributed by atoms with Gasteiger partial charge in [-0.2, -0.15) is 0 Å². The number of carbonyl (C=O) groups excluding carboxylic acids is 1. The van der Waals surface area contributed by atoms with Crippen molar-refractivity contribution in [2.75, 3.05) is 37.9 Å². The molecular formula is C25H25FN4O4S. The smallest absolute Gasteiger partial charge is 0.253 e. The van der Waals surface area contributed by atoms with Crippen LogP contribution < -0.4 is 4.90 Å². The Morgan fingerprint density at radius 1 is 1.17 bits per heavy atom. The van der Waals surface area contributed by atoms with E-state index in [9.17, 15) is 17.6 Å². The predicted molar refractivity (Wildman–Crippen MR) is 129 cm³/mol. The number of halogens is 1. The Bertz CT molecular complexity index is 1420. The van der Waals surface area contributed by atoms with Gasteiger partial charge in [0.1, 0.15) is 5.82 Å². The van der Waals surface area contributed by atoms with Crippen molar-refractivity contribution in [1.82, 2.24) is 14.9 Å². The molecule has 10 heteroatoms. The minimum Gasteiger partial charge on any atom is -0.395 e. The number of aliphatic hydroxyl groups is 1. The first-order valence-corrected chi connectivity index (χ1v) is 13.1. The maximum atomic E-state index is 14.5. The number of sulfone groups is 1. The number of hydrogen-bond donors (Lipinski definition) is 1. The zero-order chi connectivity index (χ0) is 25.0. The molecule has 1 aliphatic heterocycles. The Labute approximate surface area is 203 Å². The summed E-state index contributed by atoms with van der Waals surface area (Å²) in [5.41, 5.74) is 3.03. The first-order chi connectivity index (χ1) is 16.6. The van der Waals surface area contributed by atoms with Crippen LogP contribution in [0.4, 0.5) is 16.0 Å². The molecule has 0 unspecified atom stereocenters. The molecule has 2 heterocycles. The Morgan fingerprint density at radius 2 is 1.89 bits per heavy atom. The van der Waals surface area contributed by atoms with E-state index in [1.807, 2.05) is 23.1 Å². The summed E-state index contributed by atoms with van der Waals surface area (Å²) in [5.74, 6) is -0.324. The quantitative estimate of drug-likeness (QED) is 0.524. The topological polar surface area (TPSA) is 104 Å². The Morgan fingerprint density at radius 3 is 2.51 bits per heavy atom. The Hall–Kier alpha value is -3.37. The number of rotatable bonds is 6. The molecule has 8 nitrogen and oxygen atoms in total. The van der Waals surface area contributed by atoms with Gasteiger partial charge in [0.25, 0.3) is 5.91 Å². The summed E-state index contributed by atoms with van der Waals surface area (Å²) in [6.07, 6.45) is 6.11. The fraction of sp³-hybridized carbons (Fsp3) is 0.320. The van der Waals surface area contributed by atoms with Gasteiger partial charge in [0, 0.05) is 66.6 Å². The van der Waals surface area contributed by atoms with Crippen LogP contribution in [0.2, 0.25) is 0 Å². The van der Waals surface area contributed by atoms with Crippen molar-refractivity contribution in [1.29, 1.82) is 0 Å². The molecule has 182 valence electrons. The van der Waals surface area contributed by atoms with Crippen LogP contribution in [0, 0.1) is 5.82 Å². The number of carbonyl (C=O) groups is 1. The highest BCUT2D eigenvalue weighted by Gasteiger charge is 2.52. The van der Waals surface area contributed by atoms with Crippen molar-refractivity contribution in [3.63, 3.8) is 0 Å². The van der Waals surface area contributed by atoms with E-state index in [1.165, 1.54) is 29.4 Å². The molecule has 0 bridgehead atoms. The van der Waals surface area contributed by atoms with Crippen LogP contribution in [-0.2, 0) is 15.3 Å². The highest BCUT2D eigenvalue weighted by molar-refractivity contribution is 7.90. The fourth-order valence-electron chi connectivity index (χ4n) is 4.59. The second-order valence-corrected chi connectivity index (χ2v) is 11.3. The van der Waals surface area contributed by atoms with Gasteiger partial charge in [0.05, 0.1) is 11.5 Å². The number of hydrogen-bond acceptors (Lipinski definition) is 7. The van der Waals surface area contributed by atoms with Gasteiger partial charge in [0.2, 0.25) is 5.95 Å². The van der Waals surface area contributed by atoms with Crippen LogP contribution in [0.15, 0.2) is 53.7 Å². The van der Waals surface area contributed by atoms with Crippen LogP contribution in [0.3, 0.4) is 0 Å². The summed E-state index contributed by atoms with van der Waals surface area (Å²) < 4.78 is 38.3. The second-order valence-electron chi connectivity index (χ2n) is 9.23. The normalized spacial score (nSPS) is 15.8. The van der Waals surface area contributed by atoms with Crippen molar-refractivity contribution in [2.45, 2.75) is 23.2 Å². The van der Waals surface area contributed by atoms with Crippen LogP contribution in [0.5, 0.6) is 0 Å². The highest BCUT2D eigenvalue weighted by atomic mass is 32.2. The third-order valence-electron chi connectivity index (χ3n) is 6.76. The van der Waals surface area contributed by atoms with Crippen molar-refractivity contribution >= 4 is 27.4 Å². The monoisotopic (exact) mass is 496 g/mol. The van der Waals surface area contributed by atoms with E-state index in [2.05, 4.69) is 9.97 Å². The molecule has 2 aliphatic rings. The van der Waals surface area contributed by atoms with Gasteiger partial charge in [0.15, 0.2) is 9.84 Å². The molecule has 1 aromatic heterocycles. The van der Waals surface area contributed by atoms with E-state index in [-0.39, 0.29) is 34.9 Å². The third-order valence-corrected chi connectivity index (χ3v) is 7.87. The third kappa shape index (κ3) is 4.17. The van der Waals surface area contributed by atoms with Crippen molar-refractivity contribution in [3.8, 4) is 11.1 Å². The second kappa shape index (κ2) is 8.39. The van der Waals surface area contributed by atoms with Crippen molar-refractivity contribution < 1.29 is 22.7 Å². The van der Waals surface area contributed by atoms with Crippen molar-refractivity contribution in [2.24, 2.45) is 0 Å². The lowest BCUT2D eigenvalue weighted by molar-refractivity contribution is 0.0767. The number of amides is 1. The molecule has 1 spiro atoms. The average molecular weight is 497 g/mol.